The molecule has 2 rings (SSSR count). The molecular formula is C14H17Cl2NOS. The van der Waals surface area contributed by atoms with Gasteiger partial charge in [0.1, 0.15) is 0 Å². The average Bonchev–Trinajstić information content (AvgIpc) is 2.41. The zero-order valence-corrected chi connectivity index (χ0v) is 13.4. The van der Waals surface area contributed by atoms with E-state index in [9.17, 15) is 4.79 Å². The van der Waals surface area contributed by atoms with Crippen molar-refractivity contribution in [2.75, 3.05) is 19.3 Å². The van der Waals surface area contributed by atoms with Gasteiger partial charge < -0.3 is 4.90 Å². The third kappa shape index (κ3) is 3.39. The summed E-state index contributed by atoms with van der Waals surface area (Å²) in [5.41, 5.74) is 0.591. The summed E-state index contributed by atoms with van der Waals surface area (Å²) >= 11 is 14.0. The number of hydrogen-bond donors (Lipinski definition) is 0. The van der Waals surface area contributed by atoms with Crippen molar-refractivity contribution in [1.82, 2.24) is 4.90 Å². The molecule has 0 N–H and O–H groups in total. The summed E-state index contributed by atoms with van der Waals surface area (Å²) in [5, 5.41) is 0.681. The average molecular weight is 318 g/mol. The maximum absolute atomic E-state index is 12.5. The van der Waals surface area contributed by atoms with E-state index in [2.05, 4.69) is 6.92 Å². The second-order valence-electron chi connectivity index (χ2n) is 4.88. The fourth-order valence-electron chi connectivity index (χ4n) is 2.27. The van der Waals surface area contributed by atoms with Crippen LogP contribution in [-0.4, -0.2) is 35.5 Å². The monoisotopic (exact) mass is 317 g/mol. The lowest BCUT2D eigenvalue weighted by atomic mass is 9.99. The number of nitrogens with zero attached hydrogens (tertiary/aromatic N) is 1. The van der Waals surface area contributed by atoms with Gasteiger partial charge in [0.2, 0.25) is 0 Å². The van der Waals surface area contributed by atoms with Gasteiger partial charge >= 0.3 is 0 Å². The van der Waals surface area contributed by atoms with Crippen molar-refractivity contribution in [2.45, 2.75) is 23.6 Å². The van der Waals surface area contributed by atoms with Crippen LogP contribution in [0.5, 0.6) is 0 Å². The number of rotatable bonds is 2. The molecule has 1 amide bonds. The number of amides is 1. The van der Waals surface area contributed by atoms with Crippen molar-refractivity contribution in [3.63, 3.8) is 0 Å². The molecule has 1 heterocycles. The smallest absolute Gasteiger partial charge is 0.255 e. The molecule has 0 spiro atoms. The highest BCUT2D eigenvalue weighted by Gasteiger charge is 2.28. The molecule has 19 heavy (non-hydrogen) atoms. The Bertz CT molecular complexity index is 481. The maximum atomic E-state index is 12.5. The van der Waals surface area contributed by atoms with E-state index in [1.165, 1.54) is 0 Å². The zero-order chi connectivity index (χ0) is 14.0. The standard InChI is InChI=1S/C14H17Cl2NOS/c1-9-8-17(6-5-12(9)15)14(18)11-7-10(19-2)3-4-13(11)16/h3-4,7,9,12H,5-6,8H2,1-2H3. The van der Waals surface area contributed by atoms with Gasteiger partial charge in [-0.2, -0.15) is 0 Å². The number of carbonyl (C=O) groups is 1. The Balaban J connectivity index is 2.20. The molecule has 1 aromatic rings. The van der Waals surface area contributed by atoms with Crippen molar-refractivity contribution in [1.29, 1.82) is 0 Å². The number of benzene rings is 1. The van der Waals surface area contributed by atoms with Crippen LogP contribution in [0.3, 0.4) is 0 Å². The van der Waals surface area contributed by atoms with E-state index in [0.717, 1.165) is 11.3 Å². The fourth-order valence-corrected chi connectivity index (χ4v) is 3.08. The molecule has 0 bridgehead atoms. The summed E-state index contributed by atoms with van der Waals surface area (Å²) in [6, 6.07) is 5.59. The Morgan fingerprint density at radius 1 is 1.47 bits per heavy atom. The molecule has 2 nitrogen and oxygen atoms in total. The van der Waals surface area contributed by atoms with E-state index in [-0.39, 0.29) is 11.3 Å². The van der Waals surface area contributed by atoms with Gasteiger partial charge in [-0.15, -0.1) is 23.4 Å². The van der Waals surface area contributed by atoms with Gasteiger partial charge in [-0.05, 0) is 36.8 Å². The molecule has 0 aromatic heterocycles. The Morgan fingerprint density at radius 3 is 2.84 bits per heavy atom. The number of hydrogen-bond acceptors (Lipinski definition) is 2. The summed E-state index contributed by atoms with van der Waals surface area (Å²) in [4.78, 5) is 15.4. The van der Waals surface area contributed by atoms with Gasteiger partial charge in [-0.1, -0.05) is 18.5 Å². The molecule has 1 aromatic carbocycles. The lowest BCUT2D eigenvalue weighted by Gasteiger charge is -2.34. The molecule has 0 radical (unpaired) electrons. The first-order valence-corrected chi connectivity index (χ1v) is 8.33. The molecule has 104 valence electrons. The third-order valence-corrected chi connectivity index (χ3v) is 5.20. The number of thioether (sulfide) groups is 1. The molecule has 0 saturated carbocycles. The summed E-state index contributed by atoms with van der Waals surface area (Å²) in [6.45, 7) is 3.49. The van der Waals surface area contributed by atoms with E-state index in [1.807, 2.05) is 23.3 Å². The van der Waals surface area contributed by atoms with Crippen LogP contribution in [0.4, 0.5) is 0 Å². The van der Waals surface area contributed by atoms with E-state index in [0.29, 0.717) is 29.6 Å². The number of halogens is 2. The van der Waals surface area contributed by atoms with Crippen LogP contribution >= 0.6 is 35.0 Å². The third-order valence-electron chi connectivity index (χ3n) is 3.49. The Hall–Kier alpha value is -0.380. The highest BCUT2D eigenvalue weighted by atomic mass is 35.5. The Labute approximate surface area is 128 Å². The minimum atomic E-state index is 0.0105. The second-order valence-corrected chi connectivity index (χ2v) is 6.73. The number of piperidine rings is 1. The molecular weight excluding hydrogens is 301 g/mol. The van der Waals surface area contributed by atoms with Gasteiger partial charge in [-0.25, -0.2) is 0 Å². The predicted molar refractivity (Wildman–Crippen MR) is 82.6 cm³/mol. The van der Waals surface area contributed by atoms with Crippen molar-refractivity contribution in [2.24, 2.45) is 5.92 Å². The number of carbonyl (C=O) groups excluding carboxylic acids is 1. The van der Waals surface area contributed by atoms with Crippen LogP contribution in [0.1, 0.15) is 23.7 Å². The number of alkyl halides is 1. The van der Waals surface area contributed by atoms with Gasteiger partial charge in [0.05, 0.1) is 10.6 Å². The first-order valence-electron chi connectivity index (χ1n) is 6.29. The van der Waals surface area contributed by atoms with E-state index in [4.69, 9.17) is 23.2 Å². The zero-order valence-electron chi connectivity index (χ0n) is 11.0. The van der Waals surface area contributed by atoms with Crippen LogP contribution < -0.4 is 0 Å². The highest BCUT2D eigenvalue weighted by molar-refractivity contribution is 7.98. The van der Waals surface area contributed by atoms with Crippen LogP contribution in [-0.2, 0) is 0 Å². The molecule has 1 aliphatic rings. The molecule has 5 heteroatoms. The van der Waals surface area contributed by atoms with E-state index >= 15 is 0 Å². The molecule has 1 saturated heterocycles. The normalized spacial score (nSPS) is 23.5. The van der Waals surface area contributed by atoms with Crippen molar-refractivity contribution in [3.05, 3.63) is 28.8 Å². The summed E-state index contributed by atoms with van der Waals surface area (Å²) in [5.74, 6) is 0.332. The first kappa shape index (κ1) is 15.0. The van der Waals surface area contributed by atoms with Crippen LogP contribution in [0.25, 0.3) is 0 Å². The summed E-state index contributed by atoms with van der Waals surface area (Å²) < 4.78 is 0. The minimum absolute atomic E-state index is 0.0105. The van der Waals surface area contributed by atoms with Crippen LogP contribution in [0, 0.1) is 5.92 Å². The molecule has 1 aliphatic heterocycles. The van der Waals surface area contributed by atoms with Gasteiger partial charge in [-0.3, -0.25) is 4.79 Å². The van der Waals surface area contributed by atoms with Crippen LogP contribution in [0.2, 0.25) is 5.02 Å². The highest BCUT2D eigenvalue weighted by Crippen LogP contribution is 2.27. The SMILES string of the molecule is CSc1ccc(Cl)c(C(=O)N2CCC(Cl)C(C)C2)c1. The summed E-state index contributed by atoms with van der Waals surface area (Å²) in [6.07, 6.45) is 2.83. The molecule has 1 fully saturated rings. The lowest BCUT2D eigenvalue weighted by Crippen LogP contribution is -2.43. The van der Waals surface area contributed by atoms with Crippen molar-refractivity contribution < 1.29 is 4.79 Å². The minimum Gasteiger partial charge on any atom is -0.338 e. The molecule has 2 atom stereocenters. The summed E-state index contributed by atoms with van der Waals surface area (Å²) in [7, 11) is 0. The molecule has 2 unspecified atom stereocenters. The fraction of sp³-hybridized carbons (Fsp3) is 0.500. The Morgan fingerprint density at radius 2 is 2.21 bits per heavy atom. The maximum Gasteiger partial charge on any atom is 0.255 e. The Kier molecular flexibility index (Phi) is 5.04. The lowest BCUT2D eigenvalue weighted by molar-refractivity contribution is 0.0687. The quantitative estimate of drug-likeness (QED) is 0.603. The molecule has 0 aliphatic carbocycles. The predicted octanol–water partition coefficient (Wildman–Crippen LogP) is 4.15. The second kappa shape index (κ2) is 6.38. The van der Waals surface area contributed by atoms with Crippen molar-refractivity contribution >= 4 is 40.9 Å². The first-order chi connectivity index (χ1) is 9.02. The largest absolute Gasteiger partial charge is 0.338 e. The van der Waals surface area contributed by atoms with Gasteiger partial charge in [0.25, 0.3) is 5.91 Å². The van der Waals surface area contributed by atoms with Crippen molar-refractivity contribution in [3.8, 4) is 0 Å². The van der Waals surface area contributed by atoms with Gasteiger partial charge in [0, 0.05) is 23.4 Å². The topological polar surface area (TPSA) is 20.3 Å². The van der Waals surface area contributed by atoms with E-state index < -0.39 is 0 Å². The van der Waals surface area contributed by atoms with Gasteiger partial charge in [0.15, 0.2) is 0 Å². The van der Waals surface area contributed by atoms with E-state index in [1.54, 1.807) is 17.8 Å². The number of likely N-dealkylation sites (tertiary alicyclic amines) is 1. The van der Waals surface area contributed by atoms with Crippen LogP contribution in [0.15, 0.2) is 23.1 Å².